The molecule has 1 aliphatic rings. The number of primary amides is 2. The molecule has 0 radical (unpaired) electrons. The van der Waals surface area contributed by atoms with Crippen LogP contribution >= 0.6 is 0 Å². The number of aliphatic carboxylic acids is 1. The number of phenolic OH excluding ortho intramolecular Hbond substituents is 2. The molecular weight excluding hydrogens is 1050 g/mol. The molecule has 10 atom stereocenters. The third-order valence-corrected chi connectivity index (χ3v) is 12.8. The summed E-state index contributed by atoms with van der Waals surface area (Å²) in [5.74, 6) is -11.5. The van der Waals surface area contributed by atoms with Gasteiger partial charge in [-0.15, -0.1) is 0 Å². The van der Waals surface area contributed by atoms with Crippen molar-refractivity contribution in [2.75, 3.05) is 19.8 Å². The highest BCUT2D eigenvalue weighted by molar-refractivity contribution is 5.98. The zero-order valence-electron chi connectivity index (χ0n) is 43.6. The molecule has 1 aliphatic heterocycles. The zero-order valence-corrected chi connectivity index (χ0v) is 43.6. The maximum atomic E-state index is 14.6. The lowest BCUT2D eigenvalue weighted by molar-refractivity contribution is -0.145. The molecule has 0 saturated carbocycles. The number of likely N-dealkylation sites (tertiary alicyclic amines) is 1. The summed E-state index contributed by atoms with van der Waals surface area (Å²) in [7, 11) is 0. The van der Waals surface area contributed by atoms with Gasteiger partial charge in [0.05, 0.1) is 25.4 Å². The second kappa shape index (κ2) is 31.0. The molecule has 0 unspecified atom stereocenters. The van der Waals surface area contributed by atoms with E-state index < -0.39 is 145 Å². The van der Waals surface area contributed by atoms with Crippen molar-refractivity contribution in [1.29, 1.82) is 0 Å². The van der Waals surface area contributed by atoms with Crippen LogP contribution in [0.3, 0.4) is 0 Å². The van der Waals surface area contributed by atoms with Crippen LogP contribution in [-0.4, -0.2) is 181 Å². The lowest BCUT2D eigenvalue weighted by atomic mass is 10.0. The summed E-state index contributed by atoms with van der Waals surface area (Å²) in [6, 6.07) is 5.03. The maximum absolute atomic E-state index is 14.6. The molecule has 1 heterocycles. The van der Waals surface area contributed by atoms with E-state index in [2.05, 4.69) is 37.2 Å². The zero-order chi connectivity index (χ0) is 59.2. The Hall–Kier alpha value is -8.73. The summed E-state index contributed by atoms with van der Waals surface area (Å²) < 4.78 is 0. The fourth-order valence-electron chi connectivity index (χ4n) is 8.36. The number of carbonyl (C=O) groups excluding carboxylic acids is 10. The van der Waals surface area contributed by atoms with Crippen LogP contribution in [0.1, 0.15) is 62.1 Å². The van der Waals surface area contributed by atoms with Crippen LogP contribution in [0.15, 0.2) is 78.9 Å². The average molecular weight is 1120 g/mol. The van der Waals surface area contributed by atoms with Crippen molar-refractivity contribution in [2.24, 2.45) is 17.2 Å². The minimum absolute atomic E-state index is 0.0288. The minimum atomic E-state index is -1.90. The van der Waals surface area contributed by atoms with Gasteiger partial charge in [0, 0.05) is 38.6 Å². The fraction of sp³-hybridized carbons (Fsp3) is 0.442. The molecule has 0 aromatic heterocycles. The van der Waals surface area contributed by atoms with Gasteiger partial charge in [0.15, 0.2) is 6.04 Å². The Kier molecular flexibility index (Phi) is 24.7. The van der Waals surface area contributed by atoms with Gasteiger partial charge in [0.25, 0.3) is 0 Å². The van der Waals surface area contributed by atoms with E-state index in [0.29, 0.717) is 16.7 Å². The summed E-state index contributed by atoms with van der Waals surface area (Å²) in [5, 5.41) is 76.9. The molecule has 80 heavy (non-hydrogen) atoms. The molecule has 28 heteroatoms. The number of aliphatic hydroxyl groups excluding tert-OH is 3. The molecule has 3 aromatic rings. The van der Waals surface area contributed by atoms with Crippen LogP contribution < -0.4 is 54.4 Å². The first-order valence-corrected chi connectivity index (χ1v) is 25.4. The maximum Gasteiger partial charge on any atom is 0.328 e. The number of nitrogens with two attached hydrogens (primary N) is 3. The SMILES string of the molecule is C[C@@H](O)[C@H](NC(=O)[C@H](Cc1ccccc1)NC(=O)[C@@H]1CCCN1C(=O)[C@H](Cc1ccc(O)cc1)NC(=O)[C@H](CO)NC(=O)[C@H](CO)NC(=O)[C@H](Cc1ccc(O)cc1)NC(=O)[C@H](CCC(N)=O)NC(=O)[C@@H](N)CCC(N)=O)C(=O)O. The number of nitrogens with one attached hydrogen (secondary N) is 7. The highest BCUT2D eigenvalue weighted by Gasteiger charge is 2.41. The minimum Gasteiger partial charge on any atom is -0.508 e. The van der Waals surface area contributed by atoms with Crippen molar-refractivity contribution in [1.82, 2.24) is 42.1 Å². The van der Waals surface area contributed by atoms with Crippen molar-refractivity contribution >= 4 is 65.0 Å². The number of rotatable bonds is 31. The Morgan fingerprint density at radius 3 is 1.45 bits per heavy atom. The Morgan fingerprint density at radius 2 is 0.963 bits per heavy atom. The molecule has 0 aliphatic carbocycles. The first kappa shape index (κ1) is 63.8. The van der Waals surface area contributed by atoms with Gasteiger partial charge in [-0.05, 0) is 73.6 Å². The van der Waals surface area contributed by atoms with E-state index in [1.54, 1.807) is 30.3 Å². The van der Waals surface area contributed by atoms with Crippen molar-refractivity contribution in [3.05, 3.63) is 95.6 Å². The summed E-state index contributed by atoms with van der Waals surface area (Å²) in [4.78, 5) is 147. The number of hydrogen-bond donors (Lipinski definition) is 16. The monoisotopic (exact) mass is 1120 g/mol. The number of benzene rings is 3. The highest BCUT2D eigenvalue weighted by Crippen LogP contribution is 2.22. The smallest absolute Gasteiger partial charge is 0.328 e. The predicted molar refractivity (Wildman–Crippen MR) is 280 cm³/mol. The third kappa shape index (κ3) is 19.9. The van der Waals surface area contributed by atoms with Gasteiger partial charge in [0.2, 0.25) is 59.1 Å². The first-order chi connectivity index (χ1) is 37.9. The van der Waals surface area contributed by atoms with Crippen LogP contribution in [-0.2, 0) is 72.0 Å². The van der Waals surface area contributed by atoms with Crippen LogP contribution in [0.2, 0.25) is 0 Å². The quantitative estimate of drug-likeness (QED) is 0.0286. The van der Waals surface area contributed by atoms with Gasteiger partial charge in [-0.3, -0.25) is 47.9 Å². The molecule has 28 nitrogen and oxygen atoms in total. The molecule has 19 N–H and O–H groups in total. The number of carbonyl (C=O) groups is 11. The molecule has 4 rings (SSSR count). The van der Waals surface area contributed by atoms with Crippen molar-refractivity contribution in [2.45, 2.75) is 125 Å². The Labute approximate surface area is 458 Å². The van der Waals surface area contributed by atoms with Gasteiger partial charge < -0.3 is 90.0 Å². The van der Waals surface area contributed by atoms with E-state index in [1.165, 1.54) is 48.5 Å². The highest BCUT2D eigenvalue weighted by atomic mass is 16.4. The molecule has 1 saturated heterocycles. The number of amides is 10. The molecule has 10 amide bonds. The van der Waals surface area contributed by atoms with E-state index in [-0.39, 0.29) is 69.4 Å². The number of aliphatic hydroxyl groups is 3. The van der Waals surface area contributed by atoms with Gasteiger partial charge >= 0.3 is 5.97 Å². The Balaban J connectivity index is 1.55. The van der Waals surface area contributed by atoms with Crippen molar-refractivity contribution in [3.63, 3.8) is 0 Å². The molecular formula is C52H69N11O17. The molecule has 0 spiro atoms. The van der Waals surface area contributed by atoms with E-state index in [0.717, 1.165) is 11.8 Å². The standard InChI is InChI=1S/C52H69N11O17/c1-27(66)43(52(79)80)62-47(74)36(22-28-6-3-2-4-7-28)58-50(77)40-8-5-21-63(40)51(78)37(24-30-11-15-32(68)16-12-30)59-48(75)38(25-64)61-49(76)39(26-65)60-46(73)35(23-29-9-13-31(67)14-10-29)57-45(72)34(18-20-42(55)70)56-44(71)33(53)17-19-41(54)69/h2-4,6-7,9-16,27,33-40,43,64-68H,5,8,17-26,53H2,1H3,(H2,54,69)(H2,55,70)(H,56,71)(H,57,72)(H,58,77)(H,59,75)(H,60,73)(H,61,76)(H,62,74)(H,79,80)/t27-,33+,34+,35+,36+,37+,38+,39+,40+,43+/m1/s1. The van der Waals surface area contributed by atoms with E-state index in [1.807, 2.05) is 0 Å². The van der Waals surface area contributed by atoms with Crippen LogP contribution in [0, 0.1) is 0 Å². The summed E-state index contributed by atoms with van der Waals surface area (Å²) in [6.45, 7) is -1.12. The fourth-order valence-corrected chi connectivity index (χ4v) is 8.36. The second-order valence-electron chi connectivity index (χ2n) is 19.0. The number of carboxylic acids is 1. The number of phenols is 2. The van der Waals surface area contributed by atoms with Crippen molar-refractivity contribution in [3.8, 4) is 11.5 Å². The van der Waals surface area contributed by atoms with Crippen LogP contribution in [0.5, 0.6) is 11.5 Å². The number of nitrogens with zero attached hydrogens (tertiary/aromatic N) is 1. The van der Waals surface area contributed by atoms with Crippen molar-refractivity contribution < 1.29 is 83.4 Å². The summed E-state index contributed by atoms with van der Waals surface area (Å²) in [5.41, 5.74) is 17.6. The Morgan fingerprint density at radius 1 is 0.550 bits per heavy atom. The molecule has 0 bridgehead atoms. The van der Waals surface area contributed by atoms with Crippen LogP contribution in [0.25, 0.3) is 0 Å². The second-order valence-corrected chi connectivity index (χ2v) is 19.0. The van der Waals surface area contributed by atoms with E-state index >= 15 is 0 Å². The lowest BCUT2D eigenvalue weighted by Crippen LogP contribution is -2.62. The molecule has 434 valence electrons. The Bertz CT molecular complexity index is 2660. The summed E-state index contributed by atoms with van der Waals surface area (Å²) >= 11 is 0. The topological polar surface area (TPSA) is 475 Å². The normalized spacial score (nSPS) is 16.3. The molecule has 3 aromatic carbocycles. The average Bonchev–Trinajstić information content (AvgIpc) is 3.94. The van der Waals surface area contributed by atoms with Gasteiger partial charge in [0.1, 0.15) is 53.8 Å². The largest absolute Gasteiger partial charge is 0.508 e. The van der Waals surface area contributed by atoms with E-state index in [9.17, 15) is 83.4 Å². The van der Waals surface area contributed by atoms with Crippen LogP contribution in [0.4, 0.5) is 0 Å². The number of aromatic hydroxyl groups is 2. The van der Waals surface area contributed by atoms with E-state index in [4.69, 9.17) is 17.2 Å². The van der Waals surface area contributed by atoms with Gasteiger partial charge in [-0.1, -0.05) is 54.6 Å². The number of hydrogen-bond acceptors (Lipinski definition) is 17. The predicted octanol–water partition coefficient (Wildman–Crippen LogP) is -5.18. The number of carboxylic acid groups (broad SMARTS) is 1. The summed E-state index contributed by atoms with van der Waals surface area (Å²) in [6.07, 6.45) is -3.22. The lowest BCUT2D eigenvalue weighted by Gasteiger charge is -2.31. The van der Waals surface area contributed by atoms with Gasteiger partial charge in [-0.2, -0.15) is 0 Å². The first-order valence-electron chi connectivity index (χ1n) is 25.4. The molecule has 1 fully saturated rings. The third-order valence-electron chi connectivity index (χ3n) is 12.8. The van der Waals surface area contributed by atoms with Gasteiger partial charge in [-0.25, -0.2) is 4.79 Å².